The molecule has 100 valence electrons. The molecule has 1 aliphatic heterocycles. The van der Waals surface area contributed by atoms with Crippen molar-refractivity contribution in [2.24, 2.45) is 0 Å². The largest absolute Gasteiger partial charge is 0.371 e. The summed E-state index contributed by atoms with van der Waals surface area (Å²) >= 11 is 0. The fourth-order valence-electron chi connectivity index (χ4n) is 2.60. The second-order valence-electron chi connectivity index (χ2n) is 5.03. The van der Waals surface area contributed by atoms with E-state index in [4.69, 9.17) is 5.26 Å². The summed E-state index contributed by atoms with van der Waals surface area (Å²) < 4.78 is 0. The number of para-hydroxylation sites is 2. The van der Waals surface area contributed by atoms with Gasteiger partial charge in [-0.1, -0.05) is 12.1 Å². The minimum absolute atomic E-state index is 0.656. The van der Waals surface area contributed by atoms with Crippen molar-refractivity contribution in [3.8, 4) is 6.07 Å². The van der Waals surface area contributed by atoms with Crippen LogP contribution in [0.15, 0.2) is 36.4 Å². The first-order valence-corrected chi connectivity index (χ1v) is 6.65. The average molecular weight is 264 g/mol. The molecule has 4 heteroatoms. The molecule has 0 saturated carbocycles. The van der Waals surface area contributed by atoms with Gasteiger partial charge < -0.3 is 9.80 Å². The van der Waals surface area contributed by atoms with Crippen LogP contribution in [0.4, 0.5) is 17.2 Å². The van der Waals surface area contributed by atoms with E-state index in [1.54, 1.807) is 0 Å². The van der Waals surface area contributed by atoms with Gasteiger partial charge in [0.05, 0.1) is 23.0 Å². The van der Waals surface area contributed by atoms with Gasteiger partial charge in [0.15, 0.2) is 0 Å². The first-order valence-electron chi connectivity index (χ1n) is 6.65. The van der Waals surface area contributed by atoms with E-state index in [-0.39, 0.29) is 0 Å². The lowest BCUT2D eigenvalue weighted by Crippen LogP contribution is -2.36. The van der Waals surface area contributed by atoms with E-state index < -0.39 is 0 Å². The molecule has 4 nitrogen and oxygen atoms in total. The topological polar surface area (TPSA) is 43.2 Å². The van der Waals surface area contributed by atoms with Gasteiger partial charge in [0.25, 0.3) is 0 Å². The Hall–Kier alpha value is -2.54. The maximum atomic E-state index is 9.12. The summed E-state index contributed by atoms with van der Waals surface area (Å²) in [5.41, 5.74) is 3.86. The van der Waals surface area contributed by atoms with Crippen LogP contribution < -0.4 is 9.80 Å². The molecule has 1 aromatic carbocycles. The molecule has 0 amide bonds. The van der Waals surface area contributed by atoms with Crippen LogP contribution in [0.5, 0.6) is 0 Å². The van der Waals surface area contributed by atoms with Crippen molar-refractivity contribution in [3.63, 3.8) is 0 Å². The number of nitrogens with zero attached hydrogens (tertiary/aromatic N) is 4. The molecule has 0 saturated heterocycles. The van der Waals surface area contributed by atoms with Gasteiger partial charge in [-0.15, -0.1) is 0 Å². The van der Waals surface area contributed by atoms with Gasteiger partial charge in [0, 0.05) is 25.8 Å². The first-order chi connectivity index (χ1) is 9.69. The second-order valence-corrected chi connectivity index (χ2v) is 5.03. The molecule has 2 aromatic rings. The fourth-order valence-corrected chi connectivity index (χ4v) is 2.60. The fraction of sp³-hybridized carbons (Fsp3) is 0.250. The number of pyridine rings is 1. The number of nitriles is 1. The number of aryl methyl sites for hydroxylation is 1. The predicted molar refractivity (Wildman–Crippen MR) is 80.4 cm³/mol. The summed E-state index contributed by atoms with van der Waals surface area (Å²) in [5.74, 6) is 0.849. The molecule has 2 heterocycles. The molecule has 3 rings (SSSR count). The summed E-state index contributed by atoms with van der Waals surface area (Å²) in [4.78, 5) is 9.01. The standard InChI is InChI=1S/C16H16N4/c1-12-9-13(11-17)10-16(18-12)20-8-7-19(2)14-5-3-4-6-15(14)20/h3-6,9-10H,7-8H2,1-2H3. The highest BCUT2D eigenvalue weighted by Gasteiger charge is 2.22. The molecule has 0 N–H and O–H groups in total. The molecular formula is C16H16N4. The minimum atomic E-state index is 0.656. The maximum absolute atomic E-state index is 9.12. The zero-order chi connectivity index (χ0) is 14.1. The summed E-state index contributed by atoms with van der Waals surface area (Å²) in [6.07, 6.45) is 0. The Morgan fingerprint density at radius 2 is 1.90 bits per heavy atom. The van der Waals surface area contributed by atoms with Crippen LogP contribution in [-0.2, 0) is 0 Å². The van der Waals surface area contributed by atoms with Crippen molar-refractivity contribution in [1.29, 1.82) is 5.26 Å². The van der Waals surface area contributed by atoms with E-state index >= 15 is 0 Å². The number of fused-ring (bicyclic) bond motifs is 1. The predicted octanol–water partition coefficient (Wildman–Crippen LogP) is 2.85. The molecule has 0 fully saturated rings. The number of aromatic nitrogens is 1. The van der Waals surface area contributed by atoms with Gasteiger partial charge in [-0.2, -0.15) is 5.26 Å². The van der Waals surface area contributed by atoms with Gasteiger partial charge in [-0.25, -0.2) is 4.98 Å². The lowest BCUT2D eigenvalue weighted by atomic mass is 10.1. The number of rotatable bonds is 1. The third-order valence-electron chi connectivity index (χ3n) is 3.59. The van der Waals surface area contributed by atoms with Gasteiger partial charge in [0.2, 0.25) is 0 Å². The monoisotopic (exact) mass is 264 g/mol. The van der Waals surface area contributed by atoms with E-state index in [2.05, 4.69) is 40.0 Å². The van der Waals surface area contributed by atoms with E-state index in [1.165, 1.54) is 5.69 Å². The Kier molecular flexibility index (Phi) is 3.03. The third-order valence-corrected chi connectivity index (χ3v) is 3.59. The smallest absolute Gasteiger partial charge is 0.134 e. The highest BCUT2D eigenvalue weighted by molar-refractivity contribution is 5.78. The molecule has 1 aromatic heterocycles. The molecule has 1 aliphatic rings. The zero-order valence-electron chi connectivity index (χ0n) is 11.7. The molecule has 0 aliphatic carbocycles. The number of benzene rings is 1. The SMILES string of the molecule is Cc1cc(C#N)cc(N2CCN(C)c3ccccc32)n1. The van der Waals surface area contributed by atoms with Crippen LogP contribution in [0.2, 0.25) is 0 Å². The van der Waals surface area contributed by atoms with E-state index in [1.807, 2.05) is 31.2 Å². The van der Waals surface area contributed by atoms with Crippen molar-refractivity contribution in [2.75, 3.05) is 29.9 Å². The average Bonchev–Trinajstić information content (AvgIpc) is 2.47. The van der Waals surface area contributed by atoms with Crippen LogP contribution in [0.3, 0.4) is 0 Å². The van der Waals surface area contributed by atoms with Crippen molar-refractivity contribution in [3.05, 3.63) is 47.7 Å². The highest BCUT2D eigenvalue weighted by atomic mass is 15.3. The van der Waals surface area contributed by atoms with Crippen molar-refractivity contribution in [1.82, 2.24) is 4.98 Å². The van der Waals surface area contributed by atoms with Gasteiger partial charge in [-0.3, -0.25) is 0 Å². The highest BCUT2D eigenvalue weighted by Crippen LogP contribution is 2.36. The molecule has 0 spiro atoms. The van der Waals surface area contributed by atoms with Crippen molar-refractivity contribution in [2.45, 2.75) is 6.92 Å². The summed E-state index contributed by atoms with van der Waals surface area (Å²) in [5, 5.41) is 9.12. The lowest BCUT2D eigenvalue weighted by molar-refractivity contribution is 0.811. The molecule has 0 radical (unpaired) electrons. The Labute approximate surface area is 118 Å². The quantitative estimate of drug-likeness (QED) is 0.794. The van der Waals surface area contributed by atoms with E-state index in [0.717, 1.165) is 30.3 Å². The minimum Gasteiger partial charge on any atom is -0.371 e. The van der Waals surface area contributed by atoms with Crippen molar-refractivity contribution < 1.29 is 0 Å². The van der Waals surface area contributed by atoms with Crippen LogP contribution in [0.1, 0.15) is 11.3 Å². The Morgan fingerprint density at radius 1 is 1.15 bits per heavy atom. The van der Waals surface area contributed by atoms with E-state index in [9.17, 15) is 0 Å². The summed E-state index contributed by atoms with van der Waals surface area (Å²) in [6, 6.07) is 14.2. The van der Waals surface area contributed by atoms with Crippen LogP contribution >= 0.6 is 0 Å². The Balaban J connectivity index is 2.10. The lowest BCUT2D eigenvalue weighted by Gasteiger charge is -2.36. The summed E-state index contributed by atoms with van der Waals surface area (Å²) in [6.45, 7) is 3.73. The van der Waals surface area contributed by atoms with E-state index in [0.29, 0.717) is 5.56 Å². The zero-order valence-corrected chi connectivity index (χ0v) is 11.7. The number of anilines is 3. The van der Waals surface area contributed by atoms with Crippen LogP contribution in [0.25, 0.3) is 0 Å². The maximum Gasteiger partial charge on any atom is 0.134 e. The van der Waals surface area contributed by atoms with Gasteiger partial charge >= 0.3 is 0 Å². The molecule has 0 atom stereocenters. The molecule has 0 bridgehead atoms. The van der Waals surface area contributed by atoms with Gasteiger partial charge in [-0.05, 0) is 31.2 Å². The first kappa shape index (κ1) is 12.5. The van der Waals surface area contributed by atoms with Crippen LogP contribution in [-0.4, -0.2) is 25.1 Å². The second kappa shape index (κ2) is 4.86. The number of hydrogen-bond acceptors (Lipinski definition) is 4. The molecular weight excluding hydrogens is 248 g/mol. The number of hydrogen-bond donors (Lipinski definition) is 0. The normalized spacial score (nSPS) is 13.8. The molecule has 0 unspecified atom stereocenters. The third kappa shape index (κ3) is 2.08. The van der Waals surface area contributed by atoms with Gasteiger partial charge in [0.1, 0.15) is 5.82 Å². The van der Waals surface area contributed by atoms with Crippen molar-refractivity contribution >= 4 is 17.2 Å². The molecule has 20 heavy (non-hydrogen) atoms. The number of likely N-dealkylation sites (N-methyl/N-ethyl adjacent to an activating group) is 1. The van der Waals surface area contributed by atoms with Crippen LogP contribution in [0, 0.1) is 18.3 Å². The summed E-state index contributed by atoms with van der Waals surface area (Å²) in [7, 11) is 2.10. The Bertz CT molecular complexity index is 687. The Morgan fingerprint density at radius 3 is 2.65 bits per heavy atom.